The molecule has 0 amide bonds. The maximum atomic E-state index is 13.6. The third-order valence-electron chi connectivity index (χ3n) is 5.70. The zero-order chi connectivity index (χ0) is 15.0. The molecule has 5 atom stereocenters. The molecule has 122 valence electrons. The molecule has 3 aliphatic rings. The number of alkyl halides is 1. The van der Waals surface area contributed by atoms with Crippen molar-refractivity contribution in [3.63, 3.8) is 0 Å². The summed E-state index contributed by atoms with van der Waals surface area (Å²) >= 11 is 0. The summed E-state index contributed by atoms with van der Waals surface area (Å²) in [6.45, 7) is 10.8. The lowest BCUT2D eigenvalue weighted by Gasteiger charge is -2.40. The van der Waals surface area contributed by atoms with Gasteiger partial charge in [0.1, 0.15) is 6.17 Å². The number of hydrogen-bond acceptors (Lipinski definition) is 3. The highest BCUT2D eigenvalue weighted by Crippen LogP contribution is 2.38. The molecule has 0 saturated carbocycles. The van der Waals surface area contributed by atoms with E-state index in [0.717, 1.165) is 25.4 Å². The SMILES string of the molecule is CC(C)(C)C1CC2CCCN(CC3CNCC(F)C3)C2N1. The Hall–Kier alpha value is -0.190. The molecule has 3 saturated heterocycles. The zero-order valence-electron chi connectivity index (χ0n) is 13.9. The van der Waals surface area contributed by atoms with Crippen molar-refractivity contribution < 1.29 is 4.39 Å². The lowest BCUT2D eigenvalue weighted by atomic mass is 9.83. The number of piperidine rings is 2. The van der Waals surface area contributed by atoms with E-state index in [2.05, 4.69) is 36.3 Å². The van der Waals surface area contributed by atoms with E-state index in [1.807, 2.05) is 0 Å². The predicted octanol–water partition coefficient (Wildman–Crippen LogP) is 2.38. The van der Waals surface area contributed by atoms with E-state index in [1.54, 1.807) is 0 Å². The van der Waals surface area contributed by atoms with Crippen LogP contribution in [0.2, 0.25) is 0 Å². The minimum atomic E-state index is -0.650. The summed E-state index contributed by atoms with van der Waals surface area (Å²) in [5, 5.41) is 7.14. The van der Waals surface area contributed by atoms with Crippen LogP contribution in [-0.2, 0) is 0 Å². The molecule has 3 heterocycles. The first kappa shape index (κ1) is 15.7. The van der Waals surface area contributed by atoms with Gasteiger partial charge in [-0.2, -0.15) is 0 Å². The van der Waals surface area contributed by atoms with Gasteiger partial charge >= 0.3 is 0 Å². The summed E-state index contributed by atoms with van der Waals surface area (Å²) in [7, 11) is 0. The summed E-state index contributed by atoms with van der Waals surface area (Å²) in [5.74, 6) is 1.27. The van der Waals surface area contributed by atoms with Gasteiger partial charge in [0, 0.05) is 19.1 Å². The fraction of sp³-hybridized carbons (Fsp3) is 1.00. The molecule has 0 spiro atoms. The molecule has 3 rings (SSSR count). The van der Waals surface area contributed by atoms with E-state index in [1.165, 1.54) is 25.8 Å². The molecule has 5 unspecified atom stereocenters. The van der Waals surface area contributed by atoms with Crippen LogP contribution in [0.4, 0.5) is 4.39 Å². The highest BCUT2D eigenvalue weighted by molar-refractivity contribution is 4.98. The van der Waals surface area contributed by atoms with Crippen molar-refractivity contribution in [3.05, 3.63) is 0 Å². The Labute approximate surface area is 129 Å². The summed E-state index contributed by atoms with van der Waals surface area (Å²) in [5.41, 5.74) is 0.333. The lowest BCUT2D eigenvalue weighted by Crippen LogP contribution is -2.54. The average Bonchev–Trinajstić information content (AvgIpc) is 2.84. The first-order valence-electron chi connectivity index (χ1n) is 8.78. The van der Waals surface area contributed by atoms with E-state index >= 15 is 0 Å². The molecule has 3 aliphatic heterocycles. The van der Waals surface area contributed by atoms with Crippen LogP contribution in [0.3, 0.4) is 0 Å². The van der Waals surface area contributed by atoms with Crippen LogP contribution in [0.15, 0.2) is 0 Å². The van der Waals surface area contributed by atoms with Gasteiger partial charge in [-0.15, -0.1) is 0 Å². The second-order valence-corrected chi connectivity index (χ2v) is 8.52. The fourth-order valence-electron chi connectivity index (χ4n) is 4.47. The van der Waals surface area contributed by atoms with Crippen molar-refractivity contribution in [3.8, 4) is 0 Å². The molecule has 0 radical (unpaired) electrons. The molecule has 0 aromatic rings. The van der Waals surface area contributed by atoms with Gasteiger partial charge in [0.05, 0.1) is 6.17 Å². The molecule has 0 aromatic carbocycles. The van der Waals surface area contributed by atoms with Gasteiger partial charge in [-0.25, -0.2) is 4.39 Å². The quantitative estimate of drug-likeness (QED) is 0.819. The molecular weight excluding hydrogens is 265 g/mol. The maximum absolute atomic E-state index is 13.6. The maximum Gasteiger partial charge on any atom is 0.113 e. The van der Waals surface area contributed by atoms with E-state index < -0.39 is 6.17 Å². The van der Waals surface area contributed by atoms with Gasteiger partial charge in [-0.1, -0.05) is 20.8 Å². The highest BCUT2D eigenvalue weighted by atomic mass is 19.1. The molecule has 3 fully saturated rings. The standard InChI is InChI=1S/C17H32FN3/c1-17(2,3)15-8-13-5-4-6-21(16(13)20-15)11-12-7-14(18)10-19-9-12/h12-16,19-20H,4-11H2,1-3H3. The van der Waals surface area contributed by atoms with Crippen LogP contribution in [-0.4, -0.2) is 49.5 Å². The van der Waals surface area contributed by atoms with Gasteiger partial charge in [-0.05, 0) is 56.0 Å². The van der Waals surface area contributed by atoms with Crippen molar-refractivity contribution in [2.75, 3.05) is 26.2 Å². The smallest absolute Gasteiger partial charge is 0.113 e. The molecule has 4 heteroatoms. The summed E-state index contributed by atoms with van der Waals surface area (Å²) in [6.07, 6.45) is 4.59. The average molecular weight is 297 g/mol. The Morgan fingerprint density at radius 2 is 2.00 bits per heavy atom. The number of likely N-dealkylation sites (tertiary alicyclic amines) is 1. The largest absolute Gasteiger partial charge is 0.314 e. The second-order valence-electron chi connectivity index (χ2n) is 8.52. The predicted molar refractivity (Wildman–Crippen MR) is 85.0 cm³/mol. The summed E-state index contributed by atoms with van der Waals surface area (Å²) < 4.78 is 13.6. The van der Waals surface area contributed by atoms with E-state index in [-0.39, 0.29) is 0 Å². The molecule has 0 aliphatic carbocycles. The number of nitrogens with one attached hydrogen (secondary N) is 2. The monoisotopic (exact) mass is 297 g/mol. The van der Waals surface area contributed by atoms with Crippen LogP contribution >= 0.6 is 0 Å². The number of nitrogens with zero attached hydrogens (tertiary/aromatic N) is 1. The Balaban J connectivity index is 1.61. The Kier molecular flexibility index (Phi) is 4.58. The van der Waals surface area contributed by atoms with Crippen LogP contribution in [0, 0.1) is 17.3 Å². The molecule has 3 nitrogen and oxygen atoms in total. The highest BCUT2D eigenvalue weighted by Gasteiger charge is 2.43. The normalized spacial score (nSPS) is 42.0. The van der Waals surface area contributed by atoms with E-state index in [9.17, 15) is 4.39 Å². The van der Waals surface area contributed by atoms with Crippen molar-refractivity contribution in [2.24, 2.45) is 17.3 Å². The molecule has 21 heavy (non-hydrogen) atoms. The van der Waals surface area contributed by atoms with Crippen molar-refractivity contribution in [2.45, 2.75) is 64.8 Å². The van der Waals surface area contributed by atoms with E-state index in [4.69, 9.17) is 0 Å². The third-order valence-corrected chi connectivity index (χ3v) is 5.70. The van der Waals surface area contributed by atoms with Crippen LogP contribution in [0.1, 0.15) is 46.5 Å². The van der Waals surface area contributed by atoms with Gasteiger partial charge in [0.25, 0.3) is 0 Å². The molecular formula is C17H32FN3. The molecule has 2 N–H and O–H groups in total. The van der Waals surface area contributed by atoms with Crippen LogP contribution in [0.25, 0.3) is 0 Å². The van der Waals surface area contributed by atoms with Crippen molar-refractivity contribution in [1.82, 2.24) is 15.5 Å². The lowest BCUT2D eigenvalue weighted by molar-refractivity contribution is 0.0652. The van der Waals surface area contributed by atoms with Crippen molar-refractivity contribution in [1.29, 1.82) is 0 Å². The van der Waals surface area contributed by atoms with Gasteiger partial charge in [0.15, 0.2) is 0 Å². The van der Waals surface area contributed by atoms with Gasteiger partial charge in [-0.3, -0.25) is 10.2 Å². The number of halogens is 1. The van der Waals surface area contributed by atoms with Crippen LogP contribution in [0.5, 0.6) is 0 Å². The Morgan fingerprint density at radius 3 is 2.71 bits per heavy atom. The minimum absolute atomic E-state index is 0.333. The number of fused-ring (bicyclic) bond motifs is 1. The first-order valence-corrected chi connectivity index (χ1v) is 8.78. The fourth-order valence-corrected chi connectivity index (χ4v) is 4.47. The van der Waals surface area contributed by atoms with Gasteiger partial charge in [0.2, 0.25) is 0 Å². The number of rotatable bonds is 2. The summed E-state index contributed by atoms with van der Waals surface area (Å²) in [6, 6.07) is 0.617. The molecule has 0 aromatic heterocycles. The second kappa shape index (κ2) is 6.13. The van der Waals surface area contributed by atoms with E-state index in [0.29, 0.717) is 30.1 Å². The Bertz CT molecular complexity index is 354. The third kappa shape index (κ3) is 3.59. The van der Waals surface area contributed by atoms with Crippen LogP contribution < -0.4 is 10.6 Å². The summed E-state index contributed by atoms with van der Waals surface area (Å²) in [4.78, 5) is 2.62. The first-order chi connectivity index (χ1) is 9.93. The van der Waals surface area contributed by atoms with Gasteiger partial charge < -0.3 is 5.32 Å². The number of hydrogen-bond donors (Lipinski definition) is 2. The topological polar surface area (TPSA) is 27.3 Å². The minimum Gasteiger partial charge on any atom is -0.314 e. The molecule has 0 bridgehead atoms. The Morgan fingerprint density at radius 1 is 1.19 bits per heavy atom. The zero-order valence-corrected chi connectivity index (χ0v) is 13.9. The van der Waals surface area contributed by atoms with Crippen molar-refractivity contribution >= 4 is 0 Å².